The monoisotopic (exact) mass is 551 g/mol. The molecule has 3 aromatic rings. The van der Waals surface area contributed by atoms with Gasteiger partial charge >= 0.3 is 0 Å². The molecule has 2 aliphatic carbocycles. The van der Waals surface area contributed by atoms with Crippen LogP contribution < -0.4 is 25.0 Å². The fourth-order valence-electron chi connectivity index (χ4n) is 6.77. The van der Waals surface area contributed by atoms with Crippen molar-refractivity contribution in [1.82, 2.24) is 5.32 Å². The summed E-state index contributed by atoms with van der Waals surface area (Å²) in [4.78, 5) is 29.9. The molecule has 1 atom stereocenters. The van der Waals surface area contributed by atoms with Crippen LogP contribution in [0.15, 0.2) is 78.0 Å². The summed E-state index contributed by atoms with van der Waals surface area (Å²) in [5.41, 5.74) is 6.45. The van der Waals surface area contributed by atoms with E-state index in [1.165, 1.54) is 11.1 Å². The van der Waals surface area contributed by atoms with Gasteiger partial charge in [-0.05, 0) is 54.0 Å². The number of anilines is 2. The second-order valence-electron chi connectivity index (χ2n) is 12.0. The first-order chi connectivity index (χ1) is 19.8. The second kappa shape index (κ2) is 10.6. The molecule has 1 amide bonds. The Kier molecular flexibility index (Phi) is 6.98. The van der Waals surface area contributed by atoms with Crippen molar-refractivity contribution in [1.29, 1.82) is 0 Å². The molecule has 0 fully saturated rings. The van der Waals surface area contributed by atoms with Gasteiger partial charge in [0.1, 0.15) is 0 Å². The van der Waals surface area contributed by atoms with Crippen LogP contribution in [0.1, 0.15) is 49.4 Å². The van der Waals surface area contributed by atoms with E-state index in [0.717, 1.165) is 35.5 Å². The van der Waals surface area contributed by atoms with E-state index in [1.54, 1.807) is 14.2 Å². The summed E-state index contributed by atoms with van der Waals surface area (Å²) < 4.78 is 11.6. The highest BCUT2D eigenvalue weighted by Gasteiger charge is 2.43. The number of ketones is 1. The third-order valence-corrected chi connectivity index (χ3v) is 8.46. The molecule has 0 aromatic heterocycles. The van der Waals surface area contributed by atoms with Crippen molar-refractivity contribution in [3.63, 3.8) is 0 Å². The Morgan fingerprint density at radius 3 is 2.37 bits per heavy atom. The number of benzene rings is 3. The predicted molar refractivity (Wildman–Crippen MR) is 161 cm³/mol. The van der Waals surface area contributed by atoms with Gasteiger partial charge in [-0.2, -0.15) is 0 Å². The average Bonchev–Trinajstić information content (AvgIpc) is 3.29. The molecule has 2 N–H and O–H groups in total. The number of nitrogens with one attached hydrogen (secondary N) is 2. The maximum atomic E-state index is 14.0. The minimum atomic E-state index is -0.554. The van der Waals surface area contributed by atoms with Gasteiger partial charge in [0, 0.05) is 29.3 Å². The van der Waals surface area contributed by atoms with Gasteiger partial charge in [-0.25, -0.2) is 0 Å². The van der Waals surface area contributed by atoms with Crippen LogP contribution in [0.3, 0.4) is 0 Å². The molecule has 0 spiro atoms. The number of para-hydroxylation sites is 3. The van der Waals surface area contributed by atoms with Crippen molar-refractivity contribution >= 4 is 23.1 Å². The van der Waals surface area contributed by atoms with E-state index in [2.05, 4.69) is 41.5 Å². The van der Waals surface area contributed by atoms with Gasteiger partial charge in [-0.15, -0.1) is 0 Å². The van der Waals surface area contributed by atoms with Crippen molar-refractivity contribution in [2.24, 2.45) is 5.41 Å². The molecule has 212 valence electrons. The lowest BCUT2D eigenvalue weighted by Gasteiger charge is -2.38. The van der Waals surface area contributed by atoms with E-state index < -0.39 is 6.04 Å². The van der Waals surface area contributed by atoms with Crippen LogP contribution in [0.2, 0.25) is 0 Å². The summed E-state index contributed by atoms with van der Waals surface area (Å²) in [7, 11) is 3.22. The summed E-state index contributed by atoms with van der Waals surface area (Å²) in [6.45, 7) is 4.32. The van der Waals surface area contributed by atoms with Crippen LogP contribution in [0, 0.1) is 5.41 Å². The maximum absolute atomic E-state index is 14.0. The number of hydrogen-bond acceptors (Lipinski definition) is 6. The quantitative estimate of drug-likeness (QED) is 0.415. The number of carbonyl (C=O) groups excluding carboxylic acids is 2. The molecule has 1 heterocycles. The van der Waals surface area contributed by atoms with Crippen LogP contribution >= 0.6 is 0 Å². The molecule has 7 heteroatoms. The molecular weight excluding hydrogens is 514 g/mol. The van der Waals surface area contributed by atoms with Gasteiger partial charge in [0.05, 0.1) is 38.2 Å². The molecule has 3 aliphatic rings. The van der Waals surface area contributed by atoms with E-state index in [0.29, 0.717) is 29.9 Å². The molecule has 0 saturated carbocycles. The van der Waals surface area contributed by atoms with Gasteiger partial charge < -0.3 is 25.0 Å². The number of amides is 1. The minimum Gasteiger partial charge on any atom is -0.493 e. The smallest absolute Gasteiger partial charge is 0.239 e. The Morgan fingerprint density at radius 2 is 1.66 bits per heavy atom. The van der Waals surface area contributed by atoms with Crippen molar-refractivity contribution in [3.05, 3.63) is 94.7 Å². The van der Waals surface area contributed by atoms with Crippen LogP contribution in [0.5, 0.6) is 11.5 Å². The fourth-order valence-corrected chi connectivity index (χ4v) is 6.77. The van der Waals surface area contributed by atoms with Crippen molar-refractivity contribution in [3.8, 4) is 11.5 Å². The molecule has 0 saturated heterocycles. The Labute approximate surface area is 241 Å². The molecule has 1 unspecified atom stereocenters. The summed E-state index contributed by atoms with van der Waals surface area (Å²) in [5.74, 6) is 1.12. The first-order valence-corrected chi connectivity index (χ1v) is 14.2. The van der Waals surface area contributed by atoms with Gasteiger partial charge in [-0.3, -0.25) is 9.59 Å². The number of nitrogens with zero attached hydrogens (tertiary/aromatic N) is 1. The first kappa shape index (κ1) is 26.9. The van der Waals surface area contributed by atoms with E-state index in [9.17, 15) is 9.59 Å². The number of rotatable bonds is 6. The Balaban J connectivity index is 1.45. The largest absolute Gasteiger partial charge is 0.493 e. The normalized spacial score (nSPS) is 19.5. The second-order valence-corrected chi connectivity index (χ2v) is 12.0. The van der Waals surface area contributed by atoms with E-state index in [-0.39, 0.29) is 29.7 Å². The van der Waals surface area contributed by atoms with Gasteiger partial charge in [0.15, 0.2) is 17.3 Å². The SMILES string of the molecule is COc1cccc(C2C3=C(CC(C)(C)CC3=O)Nc3ccccc3N2CC(=O)NC2Cc3ccccc3C2)c1OC. The number of allylic oxidation sites excluding steroid dienone is 1. The molecule has 7 nitrogen and oxygen atoms in total. The minimum absolute atomic E-state index is 0.0388. The van der Waals surface area contributed by atoms with Crippen LogP contribution in [-0.4, -0.2) is 38.5 Å². The van der Waals surface area contributed by atoms with Gasteiger partial charge in [-0.1, -0.05) is 62.4 Å². The topological polar surface area (TPSA) is 79.9 Å². The predicted octanol–water partition coefficient (Wildman–Crippen LogP) is 5.60. The van der Waals surface area contributed by atoms with E-state index in [1.807, 2.05) is 54.6 Å². The fraction of sp³-hybridized carbons (Fsp3) is 0.353. The zero-order valence-electron chi connectivity index (χ0n) is 24.1. The van der Waals surface area contributed by atoms with Crippen molar-refractivity contribution in [2.75, 3.05) is 31.0 Å². The standard InChI is InChI=1S/C34H37N3O4/c1-34(2)18-26-31(28(38)19-34)32(24-12-9-15-29(40-3)33(24)41-4)37(27-14-8-7-13-25(27)36-26)20-30(39)35-23-16-21-10-5-6-11-22(21)17-23/h5-15,23,32,36H,16-20H2,1-4H3,(H,35,39). The average molecular weight is 552 g/mol. The molecule has 41 heavy (non-hydrogen) atoms. The highest BCUT2D eigenvalue weighted by atomic mass is 16.5. The Hall–Kier alpha value is -4.26. The molecular formula is C34H37N3O4. The number of ether oxygens (including phenoxy) is 2. The number of Topliss-reactive ketones (excluding diaryl/α,β-unsaturated/α-hetero) is 1. The lowest BCUT2D eigenvalue weighted by atomic mass is 9.73. The van der Waals surface area contributed by atoms with Crippen LogP contribution in [-0.2, 0) is 22.4 Å². The van der Waals surface area contributed by atoms with E-state index >= 15 is 0 Å². The first-order valence-electron chi connectivity index (χ1n) is 14.2. The summed E-state index contributed by atoms with van der Waals surface area (Å²) in [6, 6.07) is 21.5. The van der Waals surface area contributed by atoms with Crippen molar-refractivity contribution < 1.29 is 19.1 Å². The summed E-state index contributed by atoms with van der Waals surface area (Å²) in [5, 5.41) is 6.90. The summed E-state index contributed by atoms with van der Waals surface area (Å²) >= 11 is 0. The van der Waals surface area contributed by atoms with Crippen LogP contribution in [0.4, 0.5) is 11.4 Å². The van der Waals surface area contributed by atoms with Gasteiger partial charge in [0.2, 0.25) is 5.91 Å². The van der Waals surface area contributed by atoms with Crippen LogP contribution in [0.25, 0.3) is 0 Å². The maximum Gasteiger partial charge on any atom is 0.239 e. The Morgan fingerprint density at radius 1 is 0.951 bits per heavy atom. The van der Waals surface area contributed by atoms with E-state index in [4.69, 9.17) is 9.47 Å². The van der Waals surface area contributed by atoms with Crippen molar-refractivity contribution in [2.45, 2.75) is 51.6 Å². The van der Waals surface area contributed by atoms with Gasteiger partial charge in [0.25, 0.3) is 0 Å². The number of carbonyl (C=O) groups is 2. The molecule has 0 bridgehead atoms. The number of methoxy groups -OCH3 is 2. The molecule has 1 aliphatic heterocycles. The Bertz CT molecular complexity index is 1520. The lowest BCUT2D eigenvalue weighted by Crippen LogP contribution is -2.45. The lowest BCUT2D eigenvalue weighted by molar-refractivity contribution is -0.121. The molecule has 6 rings (SSSR count). The third kappa shape index (κ3) is 5.05. The molecule has 0 radical (unpaired) electrons. The molecule has 3 aromatic carbocycles. The zero-order chi connectivity index (χ0) is 28.7. The highest BCUT2D eigenvalue weighted by molar-refractivity contribution is 6.02. The zero-order valence-corrected chi connectivity index (χ0v) is 24.1. The number of hydrogen-bond donors (Lipinski definition) is 2. The summed E-state index contributed by atoms with van der Waals surface area (Å²) in [6.07, 6.45) is 2.77. The highest BCUT2D eigenvalue weighted by Crippen LogP contribution is 2.50. The third-order valence-electron chi connectivity index (χ3n) is 8.46. The number of fused-ring (bicyclic) bond motifs is 2.